The Morgan fingerprint density at radius 2 is 1.85 bits per heavy atom. The van der Waals surface area contributed by atoms with Crippen molar-refractivity contribution >= 4 is 0 Å². The summed E-state index contributed by atoms with van der Waals surface area (Å²) in [5, 5.41) is 3.55. The van der Waals surface area contributed by atoms with Crippen LogP contribution in [0.4, 0.5) is 0 Å². The van der Waals surface area contributed by atoms with Gasteiger partial charge >= 0.3 is 0 Å². The molecule has 1 N–H and O–H groups in total. The molecular formula is C16H25NO3. The number of hydrogen-bond donors (Lipinski definition) is 1. The molecule has 0 atom stereocenters. The molecular weight excluding hydrogens is 254 g/mol. The van der Waals surface area contributed by atoms with Crippen molar-refractivity contribution < 1.29 is 14.2 Å². The summed E-state index contributed by atoms with van der Waals surface area (Å²) >= 11 is 0. The standard InChI is InChI=1S/C16H25NO3/c1-18-9-8-16(6-7-16)12-17-11-13-4-5-14(19-2)15(10-13)20-3/h4-5,10,17H,6-9,11-12H2,1-3H3. The lowest BCUT2D eigenvalue weighted by molar-refractivity contribution is 0.171. The maximum atomic E-state index is 5.32. The Morgan fingerprint density at radius 1 is 1.10 bits per heavy atom. The first-order chi connectivity index (χ1) is 9.73. The Kier molecular flexibility index (Phi) is 5.26. The Balaban J connectivity index is 1.82. The molecule has 4 nitrogen and oxygen atoms in total. The van der Waals surface area contributed by atoms with Crippen LogP contribution in [0.2, 0.25) is 0 Å². The molecule has 1 aliphatic carbocycles. The number of benzene rings is 1. The highest BCUT2D eigenvalue weighted by Crippen LogP contribution is 2.48. The van der Waals surface area contributed by atoms with Gasteiger partial charge in [0.05, 0.1) is 14.2 Å². The van der Waals surface area contributed by atoms with Crippen LogP contribution in [0.25, 0.3) is 0 Å². The van der Waals surface area contributed by atoms with Crippen molar-refractivity contribution in [3.8, 4) is 11.5 Å². The molecule has 0 heterocycles. The van der Waals surface area contributed by atoms with E-state index < -0.39 is 0 Å². The summed E-state index contributed by atoms with van der Waals surface area (Å²) in [6.45, 7) is 2.78. The van der Waals surface area contributed by atoms with Crippen molar-refractivity contribution in [2.24, 2.45) is 5.41 Å². The third-order valence-corrected chi connectivity index (χ3v) is 4.07. The van der Waals surface area contributed by atoms with Gasteiger partial charge in [0.2, 0.25) is 0 Å². The second kappa shape index (κ2) is 6.95. The highest BCUT2D eigenvalue weighted by atomic mass is 16.5. The van der Waals surface area contributed by atoms with Gasteiger partial charge < -0.3 is 19.5 Å². The van der Waals surface area contributed by atoms with Crippen molar-refractivity contribution in [2.45, 2.75) is 25.8 Å². The third-order valence-electron chi connectivity index (χ3n) is 4.07. The van der Waals surface area contributed by atoms with Gasteiger partial charge in [0.25, 0.3) is 0 Å². The molecule has 1 aromatic carbocycles. The number of ether oxygens (including phenoxy) is 3. The fraction of sp³-hybridized carbons (Fsp3) is 0.625. The molecule has 2 rings (SSSR count). The fourth-order valence-electron chi connectivity index (χ4n) is 2.47. The smallest absolute Gasteiger partial charge is 0.161 e. The van der Waals surface area contributed by atoms with E-state index in [0.717, 1.165) is 37.6 Å². The van der Waals surface area contributed by atoms with Crippen LogP contribution < -0.4 is 14.8 Å². The monoisotopic (exact) mass is 279 g/mol. The molecule has 1 saturated carbocycles. The summed E-state index contributed by atoms with van der Waals surface area (Å²) in [5.41, 5.74) is 1.69. The predicted molar refractivity (Wildman–Crippen MR) is 79.4 cm³/mol. The number of nitrogens with one attached hydrogen (secondary N) is 1. The normalized spacial score (nSPS) is 15.9. The van der Waals surface area contributed by atoms with Crippen LogP contribution in [-0.4, -0.2) is 34.5 Å². The van der Waals surface area contributed by atoms with E-state index in [1.54, 1.807) is 21.3 Å². The first kappa shape index (κ1) is 15.1. The molecule has 0 amide bonds. The zero-order valence-corrected chi connectivity index (χ0v) is 12.7. The minimum absolute atomic E-state index is 0.479. The maximum absolute atomic E-state index is 5.32. The molecule has 1 aliphatic rings. The van der Waals surface area contributed by atoms with Crippen LogP contribution in [0, 0.1) is 5.41 Å². The van der Waals surface area contributed by atoms with Crippen molar-refractivity contribution in [1.29, 1.82) is 0 Å². The Bertz CT molecular complexity index is 430. The molecule has 0 aromatic heterocycles. The molecule has 0 spiro atoms. The van der Waals surface area contributed by atoms with E-state index in [1.165, 1.54) is 18.4 Å². The maximum Gasteiger partial charge on any atom is 0.161 e. The lowest BCUT2D eigenvalue weighted by Crippen LogP contribution is -2.24. The summed E-state index contributed by atoms with van der Waals surface area (Å²) in [5.74, 6) is 1.56. The average Bonchev–Trinajstić information content (AvgIpc) is 3.25. The SMILES string of the molecule is COCCC1(CNCc2ccc(OC)c(OC)c2)CC1. The van der Waals surface area contributed by atoms with Gasteiger partial charge in [0, 0.05) is 26.8 Å². The van der Waals surface area contributed by atoms with Gasteiger partial charge in [0.1, 0.15) is 0 Å². The van der Waals surface area contributed by atoms with Crippen LogP contribution in [0.5, 0.6) is 11.5 Å². The molecule has 1 fully saturated rings. The van der Waals surface area contributed by atoms with E-state index in [0.29, 0.717) is 5.41 Å². The average molecular weight is 279 g/mol. The highest BCUT2D eigenvalue weighted by Gasteiger charge is 2.41. The van der Waals surface area contributed by atoms with Crippen LogP contribution in [-0.2, 0) is 11.3 Å². The Hall–Kier alpha value is -1.26. The molecule has 1 aromatic rings. The lowest BCUT2D eigenvalue weighted by Gasteiger charge is -2.16. The van der Waals surface area contributed by atoms with E-state index in [1.807, 2.05) is 12.1 Å². The molecule has 112 valence electrons. The number of hydrogen-bond acceptors (Lipinski definition) is 4. The first-order valence-corrected chi connectivity index (χ1v) is 7.13. The van der Waals surface area contributed by atoms with E-state index in [2.05, 4.69) is 11.4 Å². The third kappa shape index (κ3) is 3.87. The van der Waals surface area contributed by atoms with Gasteiger partial charge in [-0.3, -0.25) is 0 Å². The molecule has 0 unspecified atom stereocenters. The fourth-order valence-corrected chi connectivity index (χ4v) is 2.47. The molecule has 4 heteroatoms. The number of methoxy groups -OCH3 is 3. The Labute approximate surface area is 121 Å². The van der Waals surface area contributed by atoms with Crippen LogP contribution in [0.15, 0.2) is 18.2 Å². The summed E-state index contributed by atoms with van der Waals surface area (Å²) in [7, 11) is 5.09. The largest absolute Gasteiger partial charge is 0.493 e. The van der Waals surface area contributed by atoms with E-state index >= 15 is 0 Å². The minimum Gasteiger partial charge on any atom is -0.493 e. The molecule has 20 heavy (non-hydrogen) atoms. The quantitative estimate of drug-likeness (QED) is 0.754. The molecule has 0 bridgehead atoms. The Morgan fingerprint density at radius 3 is 2.45 bits per heavy atom. The minimum atomic E-state index is 0.479. The van der Waals surface area contributed by atoms with Crippen LogP contribution in [0.1, 0.15) is 24.8 Å². The van der Waals surface area contributed by atoms with Crippen molar-refractivity contribution in [1.82, 2.24) is 5.32 Å². The van der Waals surface area contributed by atoms with Gasteiger partial charge in [-0.15, -0.1) is 0 Å². The lowest BCUT2D eigenvalue weighted by atomic mass is 10.0. The van der Waals surface area contributed by atoms with Crippen LogP contribution in [0.3, 0.4) is 0 Å². The molecule has 0 saturated heterocycles. The van der Waals surface area contributed by atoms with Crippen molar-refractivity contribution in [3.05, 3.63) is 23.8 Å². The summed E-state index contributed by atoms with van der Waals surface area (Å²) in [6, 6.07) is 6.05. The summed E-state index contributed by atoms with van der Waals surface area (Å²) < 4.78 is 15.7. The van der Waals surface area contributed by atoms with Gasteiger partial charge in [-0.2, -0.15) is 0 Å². The molecule has 0 aliphatic heterocycles. The van der Waals surface area contributed by atoms with E-state index in [9.17, 15) is 0 Å². The zero-order valence-electron chi connectivity index (χ0n) is 12.7. The topological polar surface area (TPSA) is 39.7 Å². The second-order valence-corrected chi connectivity index (χ2v) is 5.54. The zero-order chi connectivity index (χ0) is 14.4. The van der Waals surface area contributed by atoms with E-state index in [4.69, 9.17) is 14.2 Å². The second-order valence-electron chi connectivity index (χ2n) is 5.54. The van der Waals surface area contributed by atoms with Crippen LogP contribution >= 0.6 is 0 Å². The molecule has 0 radical (unpaired) electrons. The van der Waals surface area contributed by atoms with E-state index in [-0.39, 0.29) is 0 Å². The van der Waals surface area contributed by atoms with Gasteiger partial charge in [0.15, 0.2) is 11.5 Å². The van der Waals surface area contributed by atoms with Gasteiger partial charge in [-0.25, -0.2) is 0 Å². The van der Waals surface area contributed by atoms with Gasteiger partial charge in [-0.05, 0) is 42.4 Å². The number of rotatable bonds is 9. The van der Waals surface area contributed by atoms with Gasteiger partial charge in [-0.1, -0.05) is 6.07 Å². The first-order valence-electron chi connectivity index (χ1n) is 7.13. The predicted octanol–water partition coefficient (Wildman–Crippen LogP) is 2.61. The van der Waals surface area contributed by atoms with Crippen molar-refractivity contribution in [3.63, 3.8) is 0 Å². The highest BCUT2D eigenvalue weighted by molar-refractivity contribution is 5.42. The van der Waals surface area contributed by atoms with Crippen molar-refractivity contribution in [2.75, 3.05) is 34.5 Å². The summed E-state index contributed by atoms with van der Waals surface area (Å²) in [4.78, 5) is 0. The summed E-state index contributed by atoms with van der Waals surface area (Å²) in [6.07, 6.45) is 3.78.